The predicted molar refractivity (Wildman–Crippen MR) is 48.5 cm³/mol. The molecule has 78 valence electrons. The summed E-state index contributed by atoms with van der Waals surface area (Å²) in [5.41, 5.74) is 0. The van der Waals surface area contributed by atoms with E-state index in [1.54, 1.807) is 0 Å². The summed E-state index contributed by atoms with van der Waals surface area (Å²) in [7, 11) is 0. The zero-order chi connectivity index (χ0) is 9.19. The van der Waals surface area contributed by atoms with Crippen LogP contribution >= 0.6 is 0 Å². The van der Waals surface area contributed by atoms with E-state index in [-0.39, 0.29) is 0 Å². The first-order valence-electron chi connectivity index (χ1n) is 4.65. The predicted octanol–water partition coefficient (Wildman–Crippen LogP) is -0.856. The van der Waals surface area contributed by atoms with Crippen LogP contribution in [0.3, 0.4) is 0 Å². The topological polar surface area (TPSA) is 51.8 Å². The van der Waals surface area contributed by atoms with E-state index in [4.69, 9.17) is 14.2 Å². The summed E-state index contributed by atoms with van der Waals surface area (Å²) in [6, 6.07) is 0. The summed E-state index contributed by atoms with van der Waals surface area (Å²) in [6.07, 6.45) is 0. The van der Waals surface area contributed by atoms with Gasteiger partial charge in [0.25, 0.3) is 0 Å². The zero-order valence-electron chi connectivity index (χ0n) is 7.88. The Morgan fingerprint density at radius 3 is 2.15 bits per heavy atom. The fourth-order valence-corrected chi connectivity index (χ4v) is 0.951. The van der Waals surface area contributed by atoms with Crippen LogP contribution in [0.2, 0.25) is 0 Å². The third-order valence-electron chi connectivity index (χ3n) is 1.64. The lowest BCUT2D eigenvalue weighted by atomic mass is 10.6. The Morgan fingerprint density at radius 1 is 0.692 bits per heavy atom. The number of hydrogen-bond donors (Lipinski definition) is 2. The molecule has 1 rings (SSSR count). The lowest BCUT2D eigenvalue weighted by Gasteiger charge is -2.05. The Labute approximate surface area is 78.7 Å². The summed E-state index contributed by atoms with van der Waals surface area (Å²) in [5.74, 6) is 0. The molecule has 0 aromatic rings. The molecule has 1 fully saturated rings. The molecule has 0 bridgehead atoms. The van der Waals surface area contributed by atoms with Crippen LogP contribution in [0.25, 0.3) is 0 Å². The molecule has 0 saturated carbocycles. The van der Waals surface area contributed by atoms with E-state index < -0.39 is 0 Å². The molecule has 1 aliphatic rings. The van der Waals surface area contributed by atoms with Crippen molar-refractivity contribution in [2.24, 2.45) is 0 Å². The highest BCUT2D eigenvalue weighted by atomic mass is 16.7. The minimum absolute atomic E-state index is 0.360. The van der Waals surface area contributed by atoms with Crippen molar-refractivity contribution in [3.05, 3.63) is 0 Å². The summed E-state index contributed by atoms with van der Waals surface area (Å²) in [5, 5.41) is 6.37. The fourth-order valence-electron chi connectivity index (χ4n) is 0.951. The molecule has 0 atom stereocenters. The van der Waals surface area contributed by atoms with Crippen molar-refractivity contribution < 1.29 is 14.2 Å². The van der Waals surface area contributed by atoms with Gasteiger partial charge in [0.2, 0.25) is 0 Å². The third kappa shape index (κ3) is 6.92. The Morgan fingerprint density at radius 2 is 1.31 bits per heavy atom. The maximum absolute atomic E-state index is 5.28. The molecular formula is C8H18N2O3. The highest BCUT2D eigenvalue weighted by molar-refractivity contribution is 4.46. The first-order valence-corrected chi connectivity index (χ1v) is 4.65. The van der Waals surface area contributed by atoms with Gasteiger partial charge in [-0.3, -0.25) is 0 Å². The quantitative estimate of drug-likeness (QED) is 0.521. The zero-order valence-corrected chi connectivity index (χ0v) is 7.88. The van der Waals surface area contributed by atoms with Crippen molar-refractivity contribution in [3.63, 3.8) is 0 Å². The van der Waals surface area contributed by atoms with Crippen LogP contribution in [0.1, 0.15) is 0 Å². The van der Waals surface area contributed by atoms with Gasteiger partial charge in [-0.1, -0.05) is 0 Å². The molecule has 1 aliphatic heterocycles. The van der Waals surface area contributed by atoms with Crippen LogP contribution in [0.5, 0.6) is 0 Å². The number of nitrogens with one attached hydrogen (secondary N) is 2. The smallest absolute Gasteiger partial charge is 0.146 e. The van der Waals surface area contributed by atoms with Gasteiger partial charge in [0, 0.05) is 19.8 Å². The first-order chi connectivity index (χ1) is 6.50. The standard InChI is InChI=1S/C8H18N2O3/c1-3-11-5-6-13-8-12-4-2-10-7-9-1/h9-10H,1-8H2. The Hall–Kier alpha value is -0.200. The molecular weight excluding hydrogens is 172 g/mol. The lowest BCUT2D eigenvalue weighted by Crippen LogP contribution is -2.33. The number of hydrogen-bond acceptors (Lipinski definition) is 5. The van der Waals surface area contributed by atoms with Crippen molar-refractivity contribution in [2.75, 3.05) is 53.0 Å². The first kappa shape index (κ1) is 10.9. The van der Waals surface area contributed by atoms with Gasteiger partial charge in [-0.05, 0) is 0 Å². The van der Waals surface area contributed by atoms with E-state index in [0.717, 1.165) is 26.4 Å². The Balaban J connectivity index is 2.01. The summed E-state index contributed by atoms with van der Waals surface area (Å²) in [6.45, 7) is 5.53. The molecule has 0 aliphatic carbocycles. The second kappa shape index (κ2) is 8.40. The van der Waals surface area contributed by atoms with Crippen molar-refractivity contribution in [3.8, 4) is 0 Å². The van der Waals surface area contributed by atoms with Crippen LogP contribution in [-0.4, -0.2) is 53.0 Å². The van der Waals surface area contributed by atoms with E-state index in [0.29, 0.717) is 26.6 Å². The monoisotopic (exact) mass is 190 g/mol. The second-order valence-electron chi connectivity index (χ2n) is 2.72. The van der Waals surface area contributed by atoms with Crippen molar-refractivity contribution in [1.82, 2.24) is 10.6 Å². The van der Waals surface area contributed by atoms with Gasteiger partial charge in [0.05, 0.1) is 26.4 Å². The van der Waals surface area contributed by atoms with E-state index in [1.165, 1.54) is 0 Å². The van der Waals surface area contributed by atoms with Crippen LogP contribution in [0, 0.1) is 0 Å². The molecule has 0 unspecified atom stereocenters. The maximum atomic E-state index is 5.28. The summed E-state index contributed by atoms with van der Waals surface area (Å²) < 4.78 is 15.6. The fraction of sp³-hybridized carbons (Fsp3) is 1.00. The van der Waals surface area contributed by atoms with E-state index in [9.17, 15) is 0 Å². The van der Waals surface area contributed by atoms with Crippen molar-refractivity contribution >= 4 is 0 Å². The highest BCUT2D eigenvalue weighted by Crippen LogP contribution is 1.81. The molecule has 1 saturated heterocycles. The highest BCUT2D eigenvalue weighted by Gasteiger charge is 1.93. The number of rotatable bonds is 0. The van der Waals surface area contributed by atoms with Gasteiger partial charge in [-0.2, -0.15) is 0 Å². The van der Waals surface area contributed by atoms with Crippen LogP contribution < -0.4 is 10.6 Å². The van der Waals surface area contributed by atoms with Crippen LogP contribution in [-0.2, 0) is 14.2 Å². The van der Waals surface area contributed by atoms with E-state index in [1.807, 2.05) is 0 Å². The van der Waals surface area contributed by atoms with Gasteiger partial charge >= 0.3 is 0 Å². The minimum Gasteiger partial charge on any atom is -0.378 e. The largest absolute Gasteiger partial charge is 0.378 e. The van der Waals surface area contributed by atoms with E-state index >= 15 is 0 Å². The molecule has 0 radical (unpaired) electrons. The van der Waals surface area contributed by atoms with Crippen molar-refractivity contribution in [1.29, 1.82) is 0 Å². The molecule has 0 aromatic carbocycles. The van der Waals surface area contributed by atoms with Gasteiger partial charge in [0.1, 0.15) is 6.79 Å². The van der Waals surface area contributed by atoms with Crippen LogP contribution in [0.15, 0.2) is 0 Å². The molecule has 0 spiro atoms. The molecule has 5 heteroatoms. The molecule has 1 heterocycles. The molecule has 2 N–H and O–H groups in total. The third-order valence-corrected chi connectivity index (χ3v) is 1.64. The molecule has 0 amide bonds. The van der Waals surface area contributed by atoms with Gasteiger partial charge in [0.15, 0.2) is 0 Å². The normalized spacial score (nSPS) is 24.0. The second-order valence-corrected chi connectivity index (χ2v) is 2.72. The lowest BCUT2D eigenvalue weighted by molar-refractivity contribution is -0.0670. The Kier molecular flexibility index (Phi) is 7.03. The average Bonchev–Trinajstić information content (AvgIpc) is 2.18. The summed E-state index contributed by atoms with van der Waals surface area (Å²) in [4.78, 5) is 0. The average molecular weight is 190 g/mol. The molecule has 0 aromatic heterocycles. The molecule has 5 nitrogen and oxygen atoms in total. The van der Waals surface area contributed by atoms with E-state index in [2.05, 4.69) is 10.6 Å². The van der Waals surface area contributed by atoms with Gasteiger partial charge in [-0.25, -0.2) is 0 Å². The minimum atomic E-state index is 0.360. The maximum Gasteiger partial charge on any atom is 0.146 e. The van der Waals surface area contributed by atoms with Crippen LogP contribution in [0.4, 0.5) is 0 Å². The SMILES string of the molecule is C1COCCOCOCCNCN1. The summed E-state index contributed by atoms with van der Waals surface area (Å²) >= 11 is 0. The van der Waals surface area contributed by atoms with Gasteiger partial charge in [-0.15, -0.1) is 0 Å². The van der Waals surface area contributed by atoms with Crippen molar-refractivity contribution in [2.45, 2.75) is 0 Å². The Bertz CT molecular complexity index is 65.5. The van der Waals surface area contributed by atoms with Gasteiger partial charge < -0.3 is 24.8 Å². The molecule has 13 heavy (non-hydrogen) atoms. The number of ether oxygens (including phenoxy) is 3.